The van der Waals surface area contributed by atoms with Crippen molar-refractivity contribution >= 4 is 28.0 Å². The minimum Gasteiger partial charge on any atom is -0.378 e. The molecule has 0 spiro atoms. The fourth-order valence-electron chi connectivity index (χ4n) is 3.01. The zero-order valence-electron chi connectivity index (χ0n) is 12.9. The highest BCUT2D eigenvalue weighted by atomic mass is 16.5. The third-order valence-electron chi connectivity index (χ3n) is 4.13. The number of aromatic nitrogens is 1. The third-order valence-corrected chi connectivity index (χ3v) is 4.13. The lowest BCUT2D eigenvalue weighted by Crippen LogP contribution is -2.36. The van der Waals surface area contributed by atoms with Crippen LogP contribution < -0.4 is 10.2 Å². The van der Waals surface area contributed by atoms with Gasteiger partial charge < -0.3 is 15.0 Å². The maximum Gasteiger partial charge on any atom is 0.138 e. The van der Waals surface area contributed by atoms with Gasteiger partial charge in [0, 0.05) is 30.4 Å². The molecule has 4 rings (SSSR count). The molecule has 1 aromatic heterocycles. The van der Waals surface area contributed by atoms with E-state index in [0.717, 1.165) is 43.5 Å². The average molecular weight is 305 g/mol. The van der Waals surface area contributed by atoms with E-state index in [4.69, 9.17) is 4.74 Å². The van der Waals surface area contributed by atoms with Gasteiger partial charge in [0.15, 0.2) is 0 Å². The van der Waals surface area contributed by atoms with Gasteiger partial charge in [0.2, 0.25) is 0 Å². The molecule has 2 heterocycles. The smallest absolute Gasteiger partial charge is 0.138 e. The quantitative estimate of drug-likeness (QED) is 0.798. The second-order valence-corrected chi connectivity index (χ2v) is 5.63. The largest absolute Gasteiger partial charge is 0.378 e. The van der Waals surface area contributed by atoms with Crippen LogP contribution in [0.5, 0.6) is 0 Å². The van der Waals surface area contributed by atoms with Crippen LogP contribution in [0.15, 0.2) is 60.8 Å². The van der Waals surface area contributed by atoms with Crippen LogP contribution in [0.1, 0.15) is 0 Å². The molecule has 0 saturated carbocycles. The summed E-state index contributed by atoms with van der Waals surface area (Å²) in [4.78, 5) is 6.97. The van der Waals surface area contributed by atoms with Gasteiger partial charge in [0.1, 0.15) is 5.82 Å². The Bertz CT molecular complexity index is 793. The molecule has 0 aliphatic carbocycles. The van der Waals surface area contributed by atoms with Crippen molar-refractivity contribution in [3.8, 4) is 0 Å². The summed E-state index contributed by atoms with van der Waals surface area (Å²) in [6.07, 6.45) is 1.89. The Morgan fingerprint density at radius 2 is 1.74 bits per heavy atom. The molecule has 0 unspecified atom stereocenters. The number of hydrogen-bond acceptors (Lipinski definition) is 4. The van der Waals surface area contributed by atoms with Gasteiger partial charge in [-0.25, -0.2) is 4.98 Å². The van der Waals surface area contributed by atoms with Crippen LogP contribution in [0.25, 0.3) is 10.8 Å². The van der Waals surface area contributed by atoms with Crippen LogP contribution in [0.3, 0.4) is 0 Å². The lowest BCUT2D eigenvalue weighted by molar-refractivity contribution is 0.122. The van der Waals surface area contributed by atoms with E-state index >= 15 is 0 Å². The predicted molar refractivity (Wildman–Crippen MR) is 94.5 cm³/mol. The van der Waals surface area contributed by atoms with E-state index in [1.807, 2.05) is 24.4 Å². The summed E-state index contributed by atoms with van der Waals surface area (Å²) in [6.45, 7) is 3.27. The number of hydrogen-bond donors (Lipinski definition) is 1. The van der Waals surface area contributed by atoms with E-state index in [9.17, 15) is 0 Å². The molecule has 1 aliphatic rings. The molecule has 23 heavy (non-hydrogen) atoms. The van der Waals surface area contributed by atoms with Crippen molar-refractivity contribution in [1.82, 2.24) is 4.98 Å². The summed E-state index contributed by atoms with van der Waals surface area (Å²) in [6, 6.07) is 18.6. The zero-order valence-corrected chi connectivity index (χ0v) is 12.9. The molecular weight excluding hydrogens is 286 g/mol. The van der Waals surface area contributed by atoms with Crippen molar-refractivity contribution in [2.24, 2.45) is 0 Å². The van der Waals surface area contributed by atoms with Crippen LogP contribution in [-0.4, -0.2) is 31.3 Å². The summed E-state index contributed by atoms with van der Waals surface area (Å²) < 4.78 is 5.47. The zero-order chi connectivity index (χ0) is 15.5. The van der Waals surface area contributed by atoms with Crippen LogP contribution in [0.4, 0.5) is 17.2 Å². The molecule has 3 aromatic rings. The van der Waals surface area contributed by atoms with Gasteiger partial charge in [-0.1, -0.05) is 30.3 Å². The van der Waals surface area contributed by atoms with Crippen molar-refractivity contribution in [3.05, 3.63) is 60.8 Å². The van der Waals surface area contributed by atoms with Gasteiger partial charge in [-0.2, -0.15) is 0 Å². The van der Waals surface area contributed by atoms with Gasteiger partial charge in [-0.3, -0.25) is 0 Å². The summed E-state index contributed by atoms with van der Waals surface area (Å²) in [5.74, 6) is 1.03. The molecule has 2 aromatic carbocycles. The number of ether oxygens (including phenoxy) is 1. The molecule has 4 nitrogen and oxygen atoms in total. The van der Waals surface area contributed by atoms with E-state index in [1.165, 1.54) is 10.8 Å². The third kappa shape index (κ3) is 2.85. The van der Waals surface area contributed by atoms with Gasteiger partial charge in [-0.05, 0) is 29.7 Å². The Balaban J connectivity index is 1.80. The Labute approximate surface area is 135 Å². The lowest BCUT2D eigenvalue weighted by Gasteiger charge is -2.29. The standard InChI is InChI=1S/C19H19N3O/c1-2-6-16(7-3-1)21-17-8-4-5-15-9-10-20-19(18(15)17)22-11-13-23-14-12-22/h1-10,21H,11-14H2. The maximum atomic E-state index is 5.47. The number of benzene rings is 2. The van der Waals surface area contributed by atoms with Crippen molar-refractivity contribution in [1.29, 1.82) is 0 Å². The van der Waals surface area contributed by atoms with E-state index in [-0.39, 0.29) is 0 Å². The minimum absolute atomic E-state index is 0.756. The van der Waals surface area contributed by atoms with Crippen molar-refractivity contribution in [2.75, 3.05) is 36.5 Å². The van der Waals surface area contributed by atoms with Crippen LogP contribution >= 0.6 is 0 Å². The second-order valence-electron chi connectivity index (χ2n) is 5.63. The fourth-order valence-corrected chi connectivity index (χ4v) is 3.01. The Morgan fingerprint density at radius 1 is 0.913 bits per heavy atom. The van der Waals surface area contributed by atoms with E-state index in [1.54, 1.807) is 0 Å². The lowest BCUT2D eigenvalue weighted by atomic mass is 10.1. The first-order valence-electron chi connectivity index (χ1n) is 7.94. The molecule has 1 aliphatic heterocycles. The molecule has 0 bridgehead atoms. The van der Waals surface area contributed by atoms with Gasteiger partial charge in [0.05, 0.1) is 18.9 Å². The monoisotopic (exact) mass is 305 g/mol. The SMILES string of the molecule is c1ccc(Nc2cccc3ccnc(N4CCOCC4)c23)cc1. The number of anilines is 3. The fraction of sp³-hybridized carbons (Fsp3) is 0.211. The number of para-hydroxylation sites is 1. The highest BCUT2D eigenvalue weighted by Crippen LogP contribution is 2.33. The van der Waals surface area contributed by atoms with Crippen LogP contribution in [0, 0.1) is 0 Å². The molecule has 1 N–H and O–H groups in total. The Hall–Kier alpha value is -2.59. The number of nitrogens with one attached hydrogen (secondary N) is 1. The van der Waals surface area contributed by atoms with E-state index in [2.05, 4.69) is 51.6 Å². The number of pyridine rings is 1. The number of nitrogens with zero attached hydrogens (tertiary/aromatic N) is 2. The molecule has 116 valence electrons. The predicted octanol–water partition coefficient (Wildman–Crippen LogP) is 3.82. The molecule has 1 saturated heterocycles. The Kier molecular flexibility index (Phi) is 3.82. The van der Waals surface area contributed by atoms with E-state index in [0.29, 0.717) is 0 Å². The average Bonchev–Trinajstić information content (AvgIpc) is 2.63. The van der Waals surface area contributed by atoms with E-state index < -0.39 is 0 Å². The second kappa shape index (κ2) is 6.26. The first kappa shape index (κ1) is 14.0. The summed E-state index contributed by atoms with van der Waals surface area (Å²) in [5, 5.41) is 5.89. The molecule has 0 amide bonds. The summed E-state index contributed by atoms with van der Waals surface area (Å²) in [5.41, 5.74) is 2.17. The van der Waals surface area contributed by atoms with Crippen LogP contribution in [-0.2, 0) is 4.74 Å². The molecule has 4 heteroatoms. The van der Waals surface area contributed by atoms with Crippen molar-refractivity contribution in [3.63, 3.8) is 0 Å². The van der Waals surface area contributed by atoms with Crippen molar-refractivity contribution < 1.29 is 4.74 Å². The number of morpholine rings is 1. The molecule has 1 fully saturated rings. The van der Waals surface area contributed by atoms with Crippen LogP contribution in [0.2, 0.25) is 0 Å². The highest BCUT2D eigenvalue weighted by Gasteiger charge is 2.17. The normalized spacial score (nSPS) is 14.9. The first-order chi connectivity index (χ1) is 11.4. The van der Waals surface area contributed by atoms with Crippen molar-refractivity contribution in [2.45, 2.75) is 0 Å². The van der Waals surface area contributed by atoms with Gasteiger partial charge >= 0.3 is 0 Å². The highest BCUT2D eigenvalue weighted by molar-refractivity contribution is 6.03. The first-order valence-corrected chi connectivity index (χ1v) is 7.94. The molecule has 0 atom stereocenters. The Morgan fingerprint density at radius 3 is 2.57 bits per heavy atom. The molecule has 0 radical (unpaired) electrons. The topological polar surface area (TPSA) is 37.4 Å². The molecular formula is C19H19N3O. The van der Waals surface area contributed by atoms with Gasteiger partial charge in [0.25, 0.3) is 0 Å². The number of rotatable bonds is 3. The van der Waals surface area contributed by atoms with Gasteiger partial charge in [-0.15, -0.1) is 0 Å². The minimum atomic E-state index is 0.756. The summed E-state index contributed by atoms with van der Waals surface area (Å²) in [7, 11) is 0. The summed E-state index contributed by atoms with van der Waals surface area (Å²) >= 11 is 0. The number of fused-ring (bicyclic) bond motifs is 1. The maximum absolute atomic E-state index is 5.47.